The van der Waals surface area contributed by atoms with Gasteiger partial charge in [-0.3, -0.25) is 4.79 Å². The molecule has 0 aromatic rings. The van der Waals surface area contributed by atoms with E-state index in [2.05, 4.69) is 0 Å². The van der Waals surface area contributed by atoms with Gasteiger partial charge < -0.3 is 4.90 Å². The molecule has 1 atom stereocenters. The molecule has 0 aromatic heterocycles. The Morgan fingerprint density at radius 3 is 2.53 bits per heavy atom. The van der Waals surface area contributed by atoms with E-state index < -0.39 is 15.1 Å². The van der Waals surface area contributed by atoms with Crippen LogP contribution in [0, 0.1) is 11.3 Å². The summed E-state index contributed by atoms with van der Waals surface area (Å²) in [5.41, 5.74) is 0. The lowest BCUT2D eigenvalue weighted by Gasteiger charge is -2.16. The van der Waals surface area contributed by atoms with E-state index in [0.29, 0.717) is 13.0 Å². The minimum Gasteiger partial charge on any atom is -0.345 e. The third kappa shape index (κ3) is 5.68. The molecular formula is C11H20N2O3S. The molecule has 5 nitrogen and oxygen atoms in total. The number of rotatable bonds is 7. The Balaban J connectivity index is 4.21. The number of nitrogens with zero attached hydrogens (tertiary/aromatic N) is 2. The van der Waals surface area contributed by atoms with Gasteiger partial charge in [-0.2, -0.15) is 5.26 Å². The maximum atomic E-state index is 11.7. The van der Waals surface area contributed by atoms with Gasteiger partial charge in [0.25, 0.3) is 0 Å². The number of sulfone groups is 1. The fraction of sp³-hybridized carbons (Fsp3) is 0.818. The summed E-state index contributed by atoms with van der Waals surface area (Å²) in [6, 6.07) is 1.94. The summed E-state index contributed by atoms with van der Waals surface area (Å²) in [6.45, 7) is 3.81. The van der Waals surface area contributed by atoms with Crippen LogP contribution in [0.4, 0.5) is 0 Å². The lowest BCUT2D eigenvalue weighted by atomic mass is 10.3. The molecule has 17 heavy (non-hydrogen) atoms. The van der Waals surface area contributed by atoms with Crippen molar-refractivity contribution >= 4 is 15.7 Å². The van der Waals surface area contributed by atoms with Crippen LogP contribution in [-0.4, -0.2) is 43.8 Å². The fourth-order valence-corrected chi connectivity index (χ4v) is 2.59. The first kappa shape index (κ1) is 15.9. The van der Waals surface area contributed by atoms with Crippen molar-refractivity contribution in [1.82, 2.24) is 4.90 Å². The number of hydrogen-bond acceptors (Lipinski definition) is 4. The number of carbonyl (C=O) groups excluding carboxylic acids is 1. The van der Waals surface area contributed by atoms with E-state index in [-0.39, 0.29) is 24.5 Å². The molecule has 0 aliphatic rings. The van der Waals surface area contributed by atoms with Crippen LogP contribution in [0.25, 0.3) is 0 Å². The van der Waals surface area contributed by atoms with Crippen molar-refractivity contribution in [2.75, 3.05) is 19.3 Å². The van der Waals surface area contributed by atoms with Crippen LogP contribution in [0.5, 0.6) is 0 Å². The molecule has 0 N–H and O–H groups in total. The Hall–Kier alpha value is -1.09. The number of amides is 1. The van der Waals surface area contributed by atoms with Crippen LogP contribution in [0.2, 0.25) is 0 Å². The normalized spacial score (nSPS) is 12.8. The molecule has 98 valence electrons. The highest BCUT2D eigenvalue weighted by Gasteiger charge is 2.21. The molecule has 0 aliphatic heterocycles. The van der Waals surface area contributed by atoms with E-state index in [0.717, 1.165) is 0 Å². The Morgan fingerprint density at radius 2 is 2.06 bits per heavy atom. The minimum absolute atomic E-state index is 0.00536. The van der Waals surface area contributed by atoms with E-state index >= 15 is 0 Å². The smallest absolute Gasteiger partial charge is 0.223 e. The highest BCUT2D eigenvalue weighted by Crippen LogP contribution is 2.08. The predicted octanol–water partition coefficient (Wildman–Crippen LogP) is 0.962. The highest BCUT2D eigenvalue weighted by molar-refractivity contribution is 7.92. The maximum absolute atomic E-state index is 11.7. The average molecular weight is 260 g/mol. The van der Waals surface area contributed by atoms with Gasteiger partial charge in [0.15, 0.2) is 9.84 Å². The van der Waals surface area contributed by atoms with Crippen molar-refractivity contribution in [2.24, 2.45) is 0 Å². The standard InChI is InChI=1S/C11H20N2O3S/c1-4-10(2)17(15,16)9-6-11(14)13(3)8-5-7-12/h10H,4-6,8-9H2,1-3H3. The first-order valence-corrected chi connectivity index (χ1v) is 7.39. The van der Waals surface area contributed by atoms with Crippen molar-refractivity contribution in [3.05, 3.63) is 0 Å². The number of carbonyl (C=O) groups is 1. The molecular weight excluding hydrogens is 240 g/mol. The van der Waals surface area contributed by atoms with Crippen molar-refractivity contribution in [2.45, 2.75) is 38.4 Å². The van der Waals surface area contributed by atoms with Crippen LogP contribution in [0.15, 0.2) is 0 Å². The minimum atomic E-state index is -3.17. The van der Waals surface area contributed by atoms with Crippen LogP contribution in [-0.2, 0) is 14.6 Å². The Morgan fingerprint density at radius 1 is 1.47 bits per heavy atom. The SMILES string of the molecule is CCC(C)S(=O)(=O)CCC(=O)N(C)CCC#N. The van der Waals surface area contributed by atoms with Gasteiger partial charge >= 0.3 is 0 Å². The van der Waals surface area contributed by atoms with E-state index in [1.807, 2.05) is 13.0 Å². The zero-order chi connectivity index (χ0) is 13.5. The van der Waals surface area contributed by atoms with Crippen molar-refractivity contribution in [3.8, 4) is 6.07 Å². The zero-order valence-electron chi connectivity index (χ0n) is 10.6. The van der Waals surface area contributed by atoms with Gasteiger partial charge in [-0.1, -0.05) is 6.92 Å². The lowest BCUT2D eigenvalue weighted by Crippen LogP contribution is -2.30. The van der Waals surface area contributed by atoms with E-state index in [1.54, 1.807) is 14.0 Å². The monoisotopic (exact) mass is 260 g/mol. The molecule has 0 aromatic carbocycles. The maximum Gasteiger partial charge on any atom is 0.223 e. The molecule has 0 radical (unpaired) electrons. The first-order chi connectivity index (χ1) is 7.85. The second-order valence-corrected chi connectivity index (χ2v) is 6.60. The first-order valence-electron chi connectivity index (χ1n) is 5.67. The topological polar surface area (TPSA) is 78.2 Å². The summed E-state index contributed by atoms with van der Waals surface area (Å²) < 4.78 is 23.4. The van der Waals surface area contributed by atoms with Gasteiger partial charge in [0, 0.05) is 20.0 Å². The number of hydrogen-bond donors (Lipinski definition) is 0. The van der Waals surface area contributed by atoms with E-state index in [1.165, 1.54) is 4.90 Å². The summed E-state index contributed by atoms with van der Waals surface area (Å²) in [5, 5.41) is 7.97. The third-order valence-corrected chi connectivity index (χ3v) is 5.11. The van der Waals surface area contributed by atoms with Crippen LogP contribution >= 0.6 is 0 Å². The van der Waals surface area contributed by atoms with Crippen molar-refractivity contribution in [3.63, 3.8) is 0 Å². The van der Waals surface area contributed by atoms with Gasteiger partial charge in [-0.15, -0.1) is 0 Å². The Bertz CT molecular complexity index is 384. The summed E-state index contributed by atoms with van der Waals surface area (Å²) in [7, 11) is -1.59. The lowest BCUT2D eigenvalue weighted by molar-refractivity contribution is -0.129. The van der Waals surface area contributed by atoms with Gasteiger partial charge in [-0.25, -0.2) is 8.42 Å². The summed E-state index contributed by atoms with van der Waals surface area (Å²) >= 11 is 0. The Kier molecular flexibility index (Phi) is 6.81. The largest absolute Gasteiger partial charge is 0.345 e. The summed E-state index contributed by atoms with van der Waals surface area (Å²) in [5.74, 6) is -0.343. The molecule has 0 aliphatic carbocycles. The van der Waals surface area contributed by atoms with Crippen molar-refractivity contribution < 1.29 is 13.2 Å². The molecule has 0 bridgehead atoms. The summed E-state index contributed by atoms with van der Waals surface area (Å²) in [4.78, 5) is 13.0. The molecule has 0 spiro atoms. The van der Waals surface area contributed by atoms with E-state index in [4.69, 9.17) is 5.26 Å². The molecule has 0 heterocycles. The average Bonchev–Trinajstić information content (AvgIpc) is 2.31. The number of nitriles is 1. The summed E-state index contributed by atoms with van der Waals surface area (Å²) in [6.07, 6.45) is 0.815. The second-order valence-electron chi connectivity index (χ2n) is 4.06. The molecule has 1 amide bonds. The molecule has 0 rings (SSSR count). The van der Waals surface area contributed by atoms with Gasteiger partial charge in [0.05, 0.1) is 23.5 Å². The zero-order valence-corrected chi connectivity index (χ0v) is 11.5. The van der Waals surface area contributed by atoms with Crippen molar-refractivity contribution in [1.29, 1.82) is 5.26 Å². The van der Waals surface area contributed by atoms with Crippen LogP contribution in [0.1, 0.15) is 33.1 Å². The second kappa shape index (κ2) is 7.28. The van der Waals surface area contributed by atoms with E-state index in [9.17, 15) is 13.2 Å². The fourth-order valence-electron chi connectivity index (χ4n) is 1.22. The third-order valence-electron chi connectivity index (χ3n) is 2.77. The predicted molar refractivity (Wildman–Crippen MR) is 66.0 cm³/mol. The van der Waals surface area contributed by atoms with Gasteiger partial charge in [-0.05, 0) is 13.3 Å². The van der Waals surface area contributed by atoms with Gasteiger partial charge in [0.1, 0.15) is 0 Å². The van der Waals surface area contributed by atoms with Crippen LogP contribution in [0.3, 0.4) is 0 Å². The molecule has 0 saturated heterocycles. The quantitative estimate of drug-likeness (QED) is 0.683. The molecule has 1 unspecified atom stereocenters. The molecule has 6 heteroatoms. The highest BCUT2D eigenvalue weighted by atomic mass is 32.2. The molecule has 0 saturated carbocycles. The van der Waals surface area contributed by atoms with Crippen LogP contribution < -0.4 is 0 Å². The van der Waals surface area contributed by atoms with Gasteiger partial charge in [0.2, 0.25) is 5.91 Å². The Labute approximate surface area is 103 Å². The molecule has 0 fully saturated rings.